The number of rotatable bonds is 7. The summed E-state index contributed by atoms with van der Waals surface area (Å²) in [5, 5.41) is 5.07. The van der Waals surface area contributed by atoms with Crippen LogP contribution in [0, 0.1) is 0 Å². The lowest BCUT2D eigenvalue weighted by Gasteiger charge is -2.16. The topological polar surface area (TPSA) is 29.1 Å². The van der Waals surface area contributed by atoms with Gasteiger partial charge in [-0.1, -0.05) is 107 Å². The van der Waals surface area contributed by atoms with Crippen molar-refractivity contribution < 1.29 is 4.57 Å². The van der Waals surface area contributed by atoms with E-state index in [1.54, 1.807) is 0 Å². The minimum Gasteiger partial charge on any atom is -0.309 e. The first-order valence-electron chi connectivity index (χ1n) is 8.51. The van der Waals surface area contributed by atoms with Gasteiger partial charge in [0.2, 0.25) is 0 Å². The van der Waals surface area contributed by atoms with Crippen LogP contribution in [0.3, 0.4) is 0 Å². The largest absolute Gasteiger partial charge is 0.309 e. The van der Waals surface area contributed by atoms with Gasteiger partial charge in [0.15, 0.2) is 7.14 Å². The summed E-state index contributed by atoms with van der Waals surface area (Å²) in [5.41, 5.74) is 1.22. The Bertz CT molecular complexity index is 852. The normalized spacial score (nSPS) is 12.1. The van der Waals surface area contributed by atoms with Crippen LogP contribution in [0.5, 0.6) is 0 Å². The fourth-order valence-electron chi connectivity index (χ4n) is 2.76. The standard InChI is InChI=1S/C22H21BrNOP/c23-20(17-24-16-19-10-4-1-5-11-19)18-26(25,21-12-6-2-7-13-21)22-14-8-3-9-15-22/h1-15,18,24H,16-17H2/b20-18+. The maximum absolute atomic E-state index is 13.9. The van der Waals surface area contributed by atoms with Crippen LogP contribution in [0.25, 0.3) is 0 Å². The summed E-state index contributed by atoms with van der Waals surface area (Å²) in [5.74, 6) is 1.87. The van der Waals surface area contributed by atoms with Gasteiger partial charge in [-0.2, -0.15) is 0 Å². The summed E-state index contributed by atoms with van der Waals surface area (Å²) < 4.78 is 14.8. The van der Waals surface area contributed by atoms with Gasteiger partial charge in [0.05, 0.1) is 0 Å². The Morgan fingerprint density at radius 3 is 1.77 bits per heavy atom. The second kappa shape index (κ2) is 9.14. The van der Waals surface area contributed by atoms with Gasteiger partial charge in [0.25, 0.3) is 0 Å². The molecule has 0 saturated carbocycles. The Morgan fingerprint density at radius 2 is 1.27 bits per heavy atom. The van der Waals surface area contributed by atoms with Crippen LogP contribution < -0.4 is 15.9 Å². The average Bonchev–Trinajstić information content (AvgIpc) is 2.70. The molecule has 0 saturated heterocycles. The highest BCUT2D eigenvalue weighted by atomic mass is 79.9. The molecule has 26 heavy (non-hydrogen) atoms. The van der Waals surface area contributed by atoms with Crippen LogP contribution in [0.15, 0.2) is 101 Å². The number of nitrogens with one attached hydrogen (secondary N) is 1. The van der Waals surface area contributed by atoms with E-state index in [1.165, 1.54) is 5.56 Å². The highest BCUT2D eigenvalue weighted by molar-refractivity contribution is 9.11. The summed E-state index contributed by atoms with van der Waals surface area (Å²) in [4.78, 5) is 0. The number of hydrogen-bond donors (Lipinski definition) is 1. The van der Waals surface area contributed by atoms with E-state index in [0.717, 1.165) is 21.6 Å². The van der Waals surface area contributed by atoms with Gasteiger partial charge in [-0.3, -0.25) is 0 Å². The molecule has 0 aliphatic rings. The minimum absolute atomic E-state index is 0.624. The van der Waals surface area contributed by atoms with Gasteiger partial charge in [0, 0.05) is 28.2 Å². The molecular formula is C22H21BrNOP. The van der Waals surface area contributed by atoms with Gasteiger partial charge < -0.3 is 9.88 Å². The van der Waals surface area contributed by atoms with Crippen molar-refractivity contribution in [3.05, 3.63) is 107 Å². The average molecular weight is 426 g/mol. The molecule has 0 spiro atoms. The van der Waals surface area contributed by atoms with E-state index in [1.807, 2.05) is 84.7 Å². The number of hydrogen-bond acceptors (Lipinski definition) is 2. The minimum atomic E-state index is -2.84. The van der Waals surface area contributed by atoms with E-state index in [9.17, 15) is 4.57 Å². The van der Waals surface area contributed by atoms with Crippen LogP contribution in [0.1, 0.15) is 5.56 Å². The van der Waals surface area contributed by atoms with E-state index in [0.29, 0.717) is 6.54 Å². The molecule has 0 aliphatic heterocycles. The van der Waals surface area contributed by atoms with Crippen LogP contribution in [-0.4, -0.2) is 6.54 Å². The summed E-state index contributed by atoms with van der Waals surface area (Å²) in [6, 6.07) is 29.6. The third-order valence-corrected chi connectivity index (χ3v) is 7.74. The predicted molar refractivity (Wildman–Crippen MR) is 115 cm³/mol. The van der Waals surface area contributed by atoms with Crippen LogP contribution >= 0.6 is 23.1 Å². The highest BCUT2D eigenvalue weighted by Crippen LogP contribution is 2.46. The first-order valence-corrected chi connectivity index (χ1v) is 11.1. The van der Waals surface area contributed by atoms with E-state index in [2.05, 4.69) is 33.4 Å². The molecule has 3 aromatic carbocycles. The van der Waals surface area contributed by atoms with E-state index in [4.69, 9.17) is 0 Å². The van der Waals surface area contributed by atoms with Gasteiger partial charge in [0.1, 0.15) is 0 Å². The smallest absolute Gasteiger partial charge is 0.164 e. The lowest BCUT2D eigenvalue weighted by atomic mass is 10.2. The fourth-order valence-corrected chi connectivity index (χ4v) is 6.14. The van der Waals surface area contributed by atoms with Crippen LogP contribution in [0.4, 0.5) is 0 Å². The molecule has 0 heterocycles. The molecule has 3 rings (SSSR count). The SMILES string of the molecule is O=P(/C=C(/Br)CNCc1ccccc1)(c1ccccc1)c1ccccc1. The first kappa shape index (κ1) is 18.8. The molecule has 0 unspecified atom stereocenters. The van der Waals surface area contributed by atoms with E-state index < -0.39 is 7.14 Å². The Morgan fingerprint density at radius 1 is 0.808 bits per heavy atom. The number of halogens is 1. The molecule has 4 heteroatoms. The fraction of sp³-hybridized carbons (Fsp3) is 0.0909. The first-order chi connectivity index (χ1) is 12.7. The molecule has 3 aromatic rings. The van der Waals surface area contributed by atoms with Gasteiger partial charge >= 0.3 is 0 Å². The highest BCUT2D eigenvalue weighted by Gasteiger charge is 2.24. The van der Waals surface area contributed by atoms with Gasteiger partial charge in [-0.15, -0.1) is 0 Å². The molecule has 2 nitrogen and oxygen atoms in total. The maximum Gasteiger partial charge on any atom is 0.164 e. The monoisotopic (exact) mass is 425 g/mol. The second-order valence-corrected chi connectivity index (χ2v) is 9.62. The Kier molecular flexibility index (Phi) is 6.62. The summed E-state index contributed by atoms with van der Waals surface area (Å²) >= 11 is 3.61. The van der Waals surface area contributed by atoms with Crippen molar-refractivity contribution >= 4 is 33.7 Å². The molecule has 0 aliphatic carbocycles. The van der Waals surface area contributed by atoms with Gasteiger partial charge in [-0.25, -0.2) is 0 Å². The van der Waals surface area contributed by atoms with Gasteiger partial charge in [-0.05, 0) is 11.4 Å². The molecular weight excluding hydrogens is 405 g/mol. The summed E-state index contributed by atoms with van der Waals surface area (Å²) in [7, 11) is -2.84. The van der Waals surface area contributed by atoms with Crippen molar-refractivity contribution in [1.82, 2.24) is 5.32 Å². The third-order valence-electron chi connectivity index (χ3n) is 4.07. The zero-order chi connectivity index (χ0) is 18.2. The zero-order valence-corrected chi connectivity index (χ0v) is 16.9. The van der Waals surface area contributed by atoms with Crippen LogP contribution in [-0.2, 0) is 11.1 Å². The van der Waals surface area contributed by atoms with E-state index >= 15 is 0 Å². The molecule has 0 atom stereocenters. The van der Waals surface area contributed by atoms with Crippen molar-refractivity contribution in [3.8, 4) is 0 Å². The van der Waals surface area contributed by atoms with Crippen molar-refractivity contribution in [2.24, 2.45) is 0 Å². The zero-order valence-electron chi connectivity index (χ0n) is 14.4. The Balaban J connectivity index is 1.81. The Hall–Kier alpha value is -1.93. The Labute approximate surface area is 163 Å². The second-order valence-electron chi connectivity index (χ2n) is 5.99. The number of benzene rings is 3. The third kappa shape index (κ3) is 4.82. The molecule has 0 fully saturated rings. The molecule has 0 amide bonds. The molecule has 132 valence electrons. The van der Waals surface area contributed by atoms with Crippen molar-refractivity contribution in [1.29, 1.82) is 0 Å². The van der Waals surface area contributed by atoms with Crippen molar-refractivity contribution in [3.63, 3.8) is 0 Å². The van der Waals surface area contributed by atoms with E-state index in [-0.39, 0.29) is 0 Å². The summed E-state index contributed by atoms with van der Waals surface area (Å²) in [6.07, 6.45) is 0. The predicted octanol–water partition coefficient (Wildman–Crippen LogP) is 5.03. The molecule has 0 aromatic heterocycles. The molecule has 0 radical (unpaired) electrons. The summed E-state index contributed by atoms with van der Waals surface area (Å²) in [6.45, 7) is 1.39. The van der Waals surface area contributed by atoms with Crippen molar-refractivity contribution in [2.75, 3.05) is 6.54 Å². The lowest BCUT2D eigenvalue weighted by Crippen LogP contribution is -2.17. The molecule has 0 bridgehead atoms. The molecule has 1 N–H and O–H groups in total. The lowest BCUT2D eigenvalue weighted by molar-refractivity contribution is 0.592. The van der Waals surface area contributed by atoms with Crippen LogP contribution in [0.2, 0.25) is 0 Å². The van der Waals surface area contributed by atoms with Crippen molar-refractivity contribution in [2.45, 2.75) is 6.54 Å². The quantitative estimate of drug-likeness (QED) is 0.538. The maximum atomic E-state index is 13.9.